The van der Waals surface area contributed by atoms with E-state index in [0.29, 0.717) is 16.3 Å². The average Bonchev–Trinajstić information content (AvgIpc) is 2.68. The summed E-state index contributed by atoms with van der Waals surface area (Å²) in [5, 5.41) is 11.5. The van der Waals surface area contributed by atoms with Crippen molar-refractivity contribution in [2.75, 3.05) is 0 Å². The monoisotopic (exact) mass is 271 g/mol. The minimum absolute atomic E-state index is 0.235. The van der Waals surface area contributed by atoms with Gasteiger partial charge >= 0.3 is 0 Å². The Balaban J connectivity index is 2.47. The normalized spacial score (nSPS) is 12.4. The van der Waals surface area contributed by atoms with Gasteiger partial charge in [-0.15, -0.1) is 0 Å². The Morgan fingerprint density at radius 2 is 2.00 bits per heavy atom. The van der Waals surface area contributed by atoms with Crippen LogP contribution in [-0.2, 0) is 6.42 Å². The summed E-state index contributed by atoms with van der Waals surface area (Å²) < 4.78 is 5.85. The van der Waals surface area contributed by atoms with Crippen LogP contribution < -0.4 is 15.3 Å². The lowest BCUT2D eigenvalue weighted by Crippen LogP contribution is -2.24. The molecule has 0 aliphatic carbocycles. The Morgan fingerprint density at radius 3 is 2.55 bits per heavy atom. The van der Waals surface area contributed by atoms with Crippen LogP contribution in [0.2, 0.25) is 0 Å². The summed E-state index contributed by atoms with van der Waals surface area (Å²) in [5.74, 6) is 1.65. The van der Waals surface area contributed by atoms with Crippen molar-refractivity contribution in [3.63, 3.8) is 0 Å². The summed E-state index contributed by atoms with van der Waals surface area (Å²) in [6.45, 7) is 11.9. The van der Waals surface area contributed by atoms with Gasteiger partial charge in [0.15, 0.2) is 0 Å². The molecule has 0 fully saturated rings. The van der Waals surface area contributed by atoms with Crippen LogP contribution in [0.4, 0.5) is 0 Å². The van der Waals surface area contributed by atoms with Crippen molar-refractivity contribution in [3.8, 4) is 11.5 Å². The number of aromatic amines is 1. The van der Waals surface area contributed by atoms with Gasteiger partial charge in [0.2, 0.25) is 0 Å². The molecule has 0 atom stereocenters. The third-order valence-corrected chi connectivity index (χ3v) is 3.58. The van der Waals surface area contributed by atoms with Gasteiger partial charge in [0.1, 0.15) is 17.3 Å². The molecule has 1 aromatic carbocycles. The third-order valence-electron chi connectivity index (χ3n) is 3.58. The molecule has 0 unspecified atom stereocenters. The molecule has 0 aliphatic rings. The number of nitrogens with one attached hydrogen (secondary N) is 1. The molecule has 1 aromatic heterocycles. The van der Waals surface area contributed by atoms with E-state index in [2.05, 4.69) is 18.5 Å². The highest BCUT2D eigenvalue weighted by atomic mass is 16.5. The molecule has 0 saturated carbocycles. The second-order valence-electron chi connectivity index (χ2n) is 5.06. The Bertz CT molecular complexity index is 741. The van der Waals surface area contributed by atoms with E-state index in [0.717, 1.165) is 17.9 Å². The average molecular weight is 271 g/mol. The number of aromatic hydroxyl groups is 1. The molecule has 0 amide bonds. The van der Waals surface area contributed by atoms with Gasteiger partial charge in [0.05, 0.1) is 10.9 Å². The van der Waals surface area contributed by atoms with Gasteiger partial charge in [-0.2, -0.15) is 0 Å². The van der Waals surface area contributed by atoms with Crippen molar-refractivity contribution in [3.05, 3.63) is 45.6 Å². The molecule has 2 aromatic rings. The highest BCUT2D eigenvalue weighted by Gasteiger charge is 2.09. The lowest BCUT2D eigenvalue weighted by atomic mass is 10.1. The molecule has 0 radical (unpaired) electrons. The number of ether oxygens (including phenoxy) is 1. The Hall–Kier alpha value is -2.16. The maximum atomic E-state index is 10.2. The number of benzene rings is 1. The minimum atomic E-state index is 0.235. The van der Waals surface area contributed by atoms with Gasteiger partial charge in [0.25, 0.3) is 0 Å². The van der Waals surface area contributed by atoms with Gasteiger partial charge < -0.3 is 14.8 Å². The zero-order valence-electron chi connectivity index (χ0n) is 12.5. The quantitative estimate of drug-likeness (QED) is 0.901. The van der Waals surface area contributed by atoms with Gasteiger partial charge in [-0.25, -0.2) is 0 Å². The first-order valence-corrected chi connectivity index (χ1v) is 6.78. The molecule has 0 bridgehead atoms. The first-order chi connectivity index (χ1) is 9.43. The van der Waals surface area contributed by atoms with E-state index in [4.69, 9.17) is 4.74 Å². The van der Waals surface area contributed by atoms with Gasteiger partial charge in [-0.1, -0.05) is 19.6 Å². The molecule has 0 aliphatic heterocycles. The van der Waals surface area contributed by atoms with Crippen LogP contribution in [0.3, 0.4) is 0 Å². The van der Waals surface area contributed by atoms with Crippen LogP contribution in [0.15, 0.2) is 18.2 Å². The van der Waals surface area contributed by atoms with Crippen LogP contribution in [0, 0.1) is 13.8 Å². The highest BCUT2D eigenvalue weighted by Crippen LogP contribution is 2.19. The van der Waals surface area contributed by atoms with E-state index in [1.54, 1.807) is 0 Å². The number of hydrogen-bond donors (Lipinski definition) is 2. The molecule has 0 spiro atoms. The highest BCUT2D eigenvalue weighted by molar-refractivity contribution is 5.47. The number of H-pyrrole nitrogens is 1. The van der Waals surface area contributed by atoms with E-state index in [1.807, 2.05) is 39.0 Å². The molecule has 3 nitrogen and oxygen atoms in total. The van der Waals surface area contributed by atoms with Crippen LogP contribution in [0.1, 0.15) is 30.7 Å². The van der Waals surface area contributed by atoms with Gasteiger partial charge in [-0.05, 0) is 50.5 Å². The summed E-state index contributed by atoms with van der Waals surface area (Å²) in [4.78, 5) is 3.09. The topological polar surface area (TPSA) is 45.2 Å². The lowest BCUT2D eigenvalue weighted by Gasteiger charge is -2.08. The standard InChI is InChI=1S/C17H21NO2/c1-6-15-17(19)16(12(4)18-15)13(5)20-14-8-7-10(2)11(3)9-14/h7-9,18-19H,4,6H2,1-3,5H3/b16-13-. The smallest absolute Gasteiger partial charge is 0.147 e. The summed E-state index contributed by atoms with van der Waals surface area (Å²) in [5.41, 5.74) is 3.19. The number of aryl methyl sites for hydroxylation is 3. The van der Waals surface area contributed by atoms with E-state index in [1.165, 1.54) is 11.1 Å². The summed E-state index contributed by atoms with van der Waals surface area (Å²) in [7, 11) is 0. The molecule has 0 saturated heterocycles. The fourth-order valence-corrected chi connectivity index (χ4v) is 2.24. The van der Waals surface area contributed by atoms with Crippen LogP contribution in [0.25, 0.3) is 12.3 Å². The first-order valence-electron chi connectivity index (χ1n) is 6.78. The van der Waals surface area contributed by atoms with E-state index < -0.39 is 0 Å². The molecule has 3 heteroatoms. The van der Waals surface area contributed by atoms with Crippen LogP contribution in [0.5, 0.6) is 11.5 Å². The van der Waals surface area contributed by atoms with Crippen LogP contribution >= 0.6 is 0 Å². The predicted octanol–water partition coefficient (Wildman–Crippen LogP) is 2.52. The van der Waals surface area contributed by atoms with Crippen molar-refractivity contribution in [2.45, 2.75) is 34.1 Å². The molecule has 20 heavy (non-hydrogen) atoms. The first kappa shape index (κ1) is 14.3. The zero-order chi connectivity index (χ0) is 14.9. The fourth-order valence-electron chi connectivity index (χ4n) is 2.24. The van der Waals surface area contributed by atoms with E-state index in [-0.39, 0.29) is 5.75 Å². The Labute approximate surface area is 119 Å². The van der Waals surface area contributed by atoms with Crippen molar-refractivity contribution in [1.29, 1.82) is 0 Å². The minimum Gasteiger partial charge on any atom is -0.505 e. The zero-order valence-corrected chi connectivity index (χ0v) is 12.5. The summed E-state index contributed by atoms with van der Waals surface area (Å²) in [6, 6.07) is 5.95. The molecule has 2 rings (SSSR count). The van der Waals surface area contributed by atoms with Crippen LogP contribution in [-0.4, -0.2) is 10.1 Å². The number of hydrogen-bond acceptors (Lipinski definition) is 2. The van der Waals surface area contributed by atoms with Crippen molar-refractivity contribution in [1.82, 2.24) is 4.98 Å². The van der Waals surface area contributed by atoms with Crippen molar-refractivity contribution < 1.29 is 9.84 Å². The molecular weight excluding hydrogens is 250 g/mol. The Kier molecular flexibility index (Phi) is 3.89. The Morgan fingerprint density at radius 1 is 1.30 bits per heavy atom. The molecule has 106 valence electrons. The molecule has 1 heterocycles. The second-order valence-corrected chi connectivity index (χ2v) is 5.06. The van der Waals surface area contributed by atoms with E-state index >= 15 is 0 Å². The summed E-state index contributed by atoms with van der Waals surface area (Å²) >= 11 is 0. The molecular formula is C17H21NO2. The SMILES string of the molecule is C=c1[nH]c(CC)c(O)/c1=C(/C)Oc1ccc(C)c(C)c1. The lowest BCUT2D eigenvalue weighted by molar-refractivity contribution is 0.456. The predicted molar refractivity (Wildman–Crippen MR) is 82.2 cm³/mol. The van der Waals surface area contributed by atoms with Crippen molar-refractivity contribution >= 4 is 12.3 Å². The second kappa shape index (κ2) is 5.45. The van der Waals surface area contributed by atoms with Gasteiger partial charge in [0, 0.05) is 5.35 Å². The fraction of sp³-hybridized carbons (Fsp3) is 0.294. The largest absolute Gasteiger partial charge is 0.505 e. The van der Waals surface area contributed by atoms with Crippen molar-refractivity contribution in [2.24, 2.45) is 0 Å². The number of rotatable bonds is 3. The maximum Gasteiger partial charge on any atom is 0.147 e. The molecule has 2 N–H and O–H groups in total. The third kappa shape index (κ3) is 2.57. The van der Waals surface area contributed by atoms with Gasteiger partial charge in [-0.3, -0.25) is 0 Å². The summed E-state index contributed by atoms with van der Waals surface area (Å²) in [6.07, 6.45) is 0.727. The van der Waals surface area contributed by atoms with E-state index in [9.17, 15) is 5.11 Å². The number of aromatic nitrogens is 1. The maximum absolute atomic E-state index is 10.2.